The molecule has 0 fully saturated rings. The van der Waals surface area contributed by atoms with Gasteiger partial charge >= 0.3 is 0 Å². The van der Waals surface area contributed by atoms with Crippen molar-refractivity contribution in [1.82, 2.24) is 0 Å². The summed E-state index contributed by atoms with van der Waals surface area (Å²) in [4.78, 5) is 0. The van der Waals surface area contributed by atoms with Gasteiger partial charge in [-0.05, 0) is 31.2 Å². The predicted molar refractivity (Wildman–Crippen MR) is 57.7 cm³/mol. The molecule has 0 aliphatic carbocycles. The topological polar surface area (TPSA) is 35.2 Å². The van der Waals surface area contributed by atoms with E-state index in [0.29, 0.717) is 17.9 Å². The normalized spacial score (nSPS) is 18.2. The summed E-state index contributed by atoms with van der Waals surface area (Å²) in [5.41, 5.74) is 5.54. The maximum Gasteiger partial charge on any atom is 0.0622 e. The molecule has 3 atom stereocenters. The molecule has 0 saturated carbocycles. The number of rotatable bonds is 7. The predicted octanol–water partition coefficient (Wildman–Crippen LogP) is 2.42. The fourth-order valence-electron chi connectivity index (χ4n) is 2.07. The summed E-state index contributed by atoms with van der Waals surface area (Å²) in [6.07, 6.45) is 3.92. The number of hydrogen-bond acceptors (Lipinski definition) is 2. The molecule has 0 saturated heterocycles. The molecule has 0 spiro atoms. The van der Waals surface area contributed by atoms with Gasteiger partial charge in [-0.1, -0.05) is 27.2 Å². The van der Waals surface area contributed by atoms with Crippen LogP contribution < -0.4 is 5.73 Å². The van der Waals surface area contributed by atoms with Crippen LogP contribution in [0, 0.1) is 11.8 Å². The summed E-state index contributed by atoms with van der Waals surface area (Å²) in [7, 11) is 1.81. The van der Waals surface area contributed by atoms with Gasteiger partial charge < -0.3 is 10.5 Å². The molecule has 0 amide bonds. The highest BCUT2D eigenvalue weighted by Gasteiger charge is 2.21. The second kappa shape index (κ2) is 7.34. The molecule has 0 rings (SSSR count). The van der Waals surface area contributed by atoms with Crippen LogP contribution in [-0.4, -0.2) is 19.8 Å². The van der Waals surface area contributed by atoms with Gasteiger partial charge in [0, 0.05) is 7.11 Å². The van der Waals surface area contributed by atoms with E-state index in [0.717, 1.165) is 13.0 Å². The third-order valence-electron chi connectivity index (χ3n) is 2.76. The third-order valence-corrected chi connectivity index (χ3v) is 2.76. The molecule has 1 unspecified atom stereocenters. The molecule has 0 aromatic heterocycles. The van der Waals surface area contributed by atoms with Crippen molar-refractivity contribution in [2.75, 3.05) is 13.7 Å². The van der Waals surface area contributed by atoms with Gasteiger partial charge in [-0.2, -0.15) is 0 Å². The Labute approximate surface area is 82.8 Å². The first-order chi connectivity index (χ1) is 6.17. The van der Waals surface area contributed by atoms with Crippen molar-refractivity contribution in [3.63, 3.8) is 0 Å². The quantitative estimate of drug-likeness (QED) is 0.664. The minimum absolute atomic E-state index is 0.378. The molecule has 0 bridgehead atoms. The third kappa shape index (κ3) is 4.63. The fraction of sp³-hybridized carbons (Fsp3) is 1.00. The van der Waals surface area contributed by atoms with E-state index in [1.54, 1.807) is 0 Å². The number of ether oxygens (including phenoxy) is 1. The van der Waals surface area contributed by atoms with Gasteiger partial charge in [0.25, 0.3) is 0 Å². The van der Waals surface area contributed by atoms with Crippen molar-refractivity contribution < 1.29 is 4.74 Å². The van der Waals surface area contributed by atoms with Crippen molar-refractivity contribution in [1.29, 1.82) is 0 Å². The lowest BCUT2D eigenvalue weighted by Gasteiger charge is -2.28. The van der Waals surface area contributed by atoms with Crippen LogP contribution in [0.15, 0.2) is 0 Å². The molecule has 13 heavy (non-hydrogen) atoms. The Hall–Kier alpha value is -0.0800. The zero-order chi connectivity index (χ0) is 10.3. The van der Waals surface area contributed by atoms with Crippen molar-refractivity contribution in [3.05, 3.63) is 0 Å². The molecule has 0 aromatic rings. The van der Waals surface area contributed by atoms with Crippen LogP contribution in [0.4, 0.5) is 0 Å². The van der Waals surface area contributed by atoms with Crippen molar-refractivity contribution >= 4 is 0 Å². The SMILES string of the molecule is CCC[C@H](C)C(OC)[C@@H](C)CCN. The van der Waals surface area contributed by atoms with Crippen molar-refractivity contribution in [2.24, 2.45) is 17.6 Å². The Balaban J connectivity index is 3.98. The van der Waals surface area contributed by atoms with E-state index < -0.39 is 0 Å². The summed E-state index contributed by atoms with van der Waals surface area (Å²) in [5.74, 6) is 1.23. The minimum Gasteiger partial charge on any atom is -0.381 e. The lowest BCUT2D eigenvalue weighted by Crippen LogP contribution is -2.29. The van der Waals surface area contributed by atoms with E-state index in [4.69, 9.17) is 10.5 Å². The van der Waals surface area contributed by atoms with E-state index in [1.165, 1.54) is 12.8 Å². The average molecular weight is 187 g/mol. The van der Waals surface area contributed by atoms with Gasteiger partial charge in [-0.25, -0.2) is 0 Å². The van der Waals surface area contributed by atoms with Gasteiger partial charge in [-0.3, -0.25) is 0 Å². The molecule has 0 aliphatic heterocycles. The highest BCUT2D eigenvalue weighted by atomic mass is 16.5. The summed E-state index contributed by atoms with van der Waals surface area (Å²) >= 11 is 0. The van der Waals surface area contributed by atoms with Crippen LogP contribution >= 0.6 is 0 Å². The summed E-state index contributed by atoms with van der Waals surface area (Å²) < 4.78 is 5.52. The zero-order valence-electron chi connectivity index (χ0n) is 9.55. The molecule has 2 N–H and O–H groups in total. The summed E-state index contributed by atoms with van der Waals surface area (Å²) in [6.45, 7) is 7.48. The van der Waals surface area contributed by atoms with Gasteiger partial charge in [0.2, 0.25) is 0 Å². The highest BCUT2D eigenvalue weighted by Crippen LogP contribution is 2.22. The van der Waals surface area contributed by atoms with E-state index in [1.807, 2.05) is 7.11 Å². The fourth-order valence-corrected chi connectivity index (χ4v) is 2.07. The molecular weight excluding hydrogens is 162 g/mol. The number of nitrogens with two attached hydrogens (primary N) is 1. The molecule has 0 aliphatic rings. The van der Waals surface area contributed by atoms with Crippen LogP contribution in [-0.2, 0) is 4.74 Å². The lowest BCUT2D eigenvalue weighted by atomic mass is 9.88. The Bertz CT molecular complexity index is 105. The lowest BCUT2D eigenvalue weighted by molar-refractivity contribution is 0.0125. The Kier molecular flexibility index (Phi) is 7.29. The van der Waals surface area contributed by atoms with Crippen LogP contribution in [0.3, 0.4) is 0 Å². The molecular formula is C11H25NO. The van der Waals surface area contributed by atoms with Crippen molar-refractivity contribution in [2.45, 2.75) is 46.1 Å². The Morgan fingerprint density at radius 2 is 1.69 bits per heavy atom. The standard InChI is InChI=1S/C11H25NO/c1-5-6-9(2)11(13-4)10(3)7-8-12/h9-11H,5-8,12H2,1-4H3/t9-,10-,11?/m0/s1. The second-order valence-electron chi connectivity index (χ2n) is 4.02. The highest BCUT2D eigenvalue weighted by molar-refractivity contribution is 4.72. The van der Waals surface area contributed by atoms with Gasteiger partial charge in [-0.15, -0.1) is 0 Å². The Morgan fingerprint density at radius 3 is 2.08 bits per heavy atom. The first-order valence-corrected chi connectivity index (χ1v) is 5.40. The first-order valence-electron chi connectivity index (χ1n) is 5.40. The second-order valence-corrected chi connectivity index (χ2v) is 4.02. The monoisotopic (exact) mass is 187 g/mol. The van der Waals surface area contributed by atoms with E-state index in [2.05, 4.69) is 20.8 Å². The molecule has 0 heterocycles. The largest absolute Gasteiger partial charge is 0.381 e. The van der Waals surface area contributed by atoms with E-state index in [-0.39, 0.29) is 0 Å². The first kappa shape index (κ1) is 12.9. The van der Waals surface area contributed by atoms with E-state index >= 15 is 0 Å². The van der Waals surface area contributed by atoms with Gasteiger partial charge in [0.15, 0.2) is 0 Å². The van der Waals surface area contributed by atoms with Crippen molar-refractivity contribution in [3.8, 4) is 0 Å². The zero-order valence-corrected chi connectivity index (χ0v) is 9.55. The Morgan fingerprint density at radius 1 is 1.15 bits per heavy atom. The maximum atomic E-state index is 5.54. The summed E-state index contributed by atoms with van der Waals surface area (Å²) in [6, 6.07) is 0. The van der Waals surface area contributed by atoms with Crippen LogP contribution in [0.25, 0.3) is 0 Å². The number of hydrogen-bond donors (Lipinski definition) is 1. The number of methoxy groups -OCH3 is 1. The summed E-state index contributed by atoms with van der Waals surface area (Å²) in [5, 5.41) is 0. The molecule has 80 valence electrons. The molecule has 2 nitrogen and oxygen atoms in total. The maximum absolute atomic E-state index is 5.54. The molecule has 0 radical (unpaired) electrons. The van der Waals surface area contributed by atoms with Crippen LogP contribution in [0.2, 0.25) is 0 Å². The van der Waals surface area contributed by atoms with Gasteiger partial charge in [0.1, 0.15) is 0 Å². The molecule has 2 heteroatoms. The average Bonchev–Trinajstić information content (AvgIpc) is 2.06. The van der Waals surface area contributed by atoms with E-state index in [9.17, 15) is 0 Å². The van der Waals surface area contributed by atoms with Crippen LogP contribution in [0.1, 0.15) is 40.0 Å². The minimum atomic E-state index is 0.378. The van der Waals surface area contributed by atoms with Crippen LogP contribution in [0.5, 0.6) is 0 Å². The smallest absolute Gasteiger partial charge is 0.0622 e. The van der Waals surface area contributed by atoms with Gasteiger partial charge in [0.05, 0.1) is 6.10 Å². The molecule has 0 aromatic carbocycles.